The molecule has 1 N–H and O–H groups in total. The van der Waals surface area contributed by atoms with Crippen molar-refractivity contribution in [2.24, 2.45) is 0 Å². The standard InChI is InChI=1S/C28H39N3O4/c1-7-21(4)30(17-24(32)19-34-20(2)3)18-25-22(5)29-31(23-13-9-8-10-14-23)28(25)35-27-16-12-11-15-26(27)33-6/h8-16,20-21,24,32H,7,17-19H2,1-6H3/t21-,24+/m0/s1. The molecule has 1 heterocycles. The van der Waals surface area contributed by atoms with Gasteiger partial charge in [0.15, 0.2) is 11.5 Å². The van der Waals surface area contributed by atoms with Gasteiger partial charge in [-0.1, -0.05) is 37.3 Å². The third kappa shape index (κ3) is 7.07. The monoisotopic (exact) mass is 481 g/mol. The van der Waals surface area contributed by atoms with E-state index in [2.05, 4.69) is 18.7 Å². The van der Waals surface area contributed by atoms with Gasteiger partial charge < -0.3 is 19.3 Å². The van der Waals surface area contributed by atoms with Gasteiger partial charge in [-0.25, -0.2) is 4.68 Å². The van der Waals surface area contributed by atoms with Crippen LogP contribution in [-0.4, -0.2) is 58.3 Å². The summed E-state index contributed by atoms with van der Waals surface area (Å²) in [6.45, 7) is 11.6. The Morgan fingerprint density at radius 1 is 1.00 bits per heavy atom. The van der Waals surface area contributed by atoms with E-state index in [0.717, 1.165) is 23.4 Å². The van der Waals surface area contributed by atoms with Gasteiger partial charge >= 0.3 is 0 Å². The van der Waals surface area contributed by atoms with E-state index in [1.165, 1.54) is 0 Å². The van der Waals surface area contributed by atoms with Gasteiger partial charge in [0.25, 0.3) is 0 Å². The van der Waals surface area contributed by atoms with Crippen LogP contribution < -0.4 is 9.47 Å². The highest BCUT2D eigenvalue weighted by Crippen LogP contribution is 2.36. The molecule has 1 aromatic heterocycles. The number of benzene rings is 2. The molecule has 0 unspecified atom stereocenters. The summed E-state index contributed by atoms with van der Waals surface area (Å²) in [6.07, 6.45) is 0.440. The first kappa shape index (κ1) is 26.7. The van der Waals surface area contributed by atoms with E-state index < -0.39 is 6.10 Å². The fourth-order valence-electron chi connectivity index (χ4n) is 3.87. The number of hydrogen-bond acceptors (Lipinski definition) is 6. The molecule has 0 saturated carbocycles. The van der Waals surface area contributed by atoms with Crippen molar-refractivity contribution in [2.75, 3.05) is 20.3 Å². The number of rotatable bonds is 13. The molecule has 190 valence electrons. The summed E-state index contributed by atoms with van der Waals surface area (Å²) in [6, 6.07) is 17.8. The van der Waals surface area contributed by atoms with Crippen LogP contribution in [-0.2, 0) is 11.3 Å². The van der Waals surface area contributed by atoms with E-state index in [4.69, 9.17) is 19.3 Å². The Labute approximate surface area is 209 Å². The number of aliphatic hydroxyl groups is 1. The first-order chi connectivity index (χ1) is 16.8. The number of aliphatic hydroxyl groups excluding tert-OH is 1. The summed E-state index contributed by atoms with van der Waals surface area (Å²) in [5, 5.41) is 15.5. The highest BCUT2D eigenvalue weighted by atomic mass is 16.5. The largest absolute Gasteiger partial charge is 0.493 e. The summed E-state index contributed by atoms with van der Waals surface area (Å²) in [5.74, 6) is 1.91. The molecule has 3 rings (SSSR count). The number of aromatic nitrogens is 2. The maximum absolute atomic E-state index is 10.7. The van der Waals surface area contributed by atoms with E-state index in [9.17, 15) is 5.11 Å². The van der Waals surface area contributed by atoms with Gasteiger partial charge in [-0.2, -0.15) is 5.10 Å². The molecular weight excluding hydrogens is 442 g/mol. The van der Waals surface area contributed by atoms with Crippen molar-refractivity contribution < 1.29 is 19.3 Å². The van der Waals surface area contributed by atoms with Crippen molar-refractivity contribution in [3.05, 3.63) is 65.9 Å². The zero-order valence-electron chi connectivity index (χ0n) is 21.8. The van der Waals surface area contributed by atoms with Gasteiger partial charge in [0.2, 0.25) is 5.88 Å². The second kappa shape index (κ2) is 12.7. The van der Waals surface area contributed by atoms with Crippen LogP contribution in [0.25, 0.3) is 5.69 Å². The lowest BCUT2D eigenvalue weighted by Crippen LogP contribution is -2.40. The third-order valence-electron chi connectivity index (χ3n) is 6.06. The Bertz CT molecular complexity index is 1050. The molecule has 2 atom stereocenters. The molecule has 0 fully saturated rings. The zero-order chi connectivity index (χ0) is 25.4. The predicted molar refractivity (Wildman–Crippen MR) is 139 cm³/mol. The number of methoxy groups -OCH3 is 1. The number of para-hydroxylation sites is 3. The molecule has 7 heteroatoms. The van der Waals surface area contributed by atoms with Gasteiger partial charge in [0.05, 0.1) is 42.9 Å². The summed E-state index contributed by atoms with van der Waals surface area (Å²) >= 11 is 0. The van der Waals surface area contributed by atoms with E-state index in [1.54, 1.807) is 7.11 Å². The van der Waals surface area contributed by atoms with Gasteiger partial charge in [-0.05, 0) is 58.4 Å². The van der Waals surface area contributed by atoms with Crippen LogP contribution in [0.1, 0.15) is 45.4 Å². The van der Waals surface area contributed by atoms with E-state index in [1.807, 2.05) is 80.1 Å². The topological polar surface area (TPSA) is 69.0 Å². The highest BCUT2D eigenvalue weighted by molar-refractivity contribution is 5.47. The molecule has 3 aromatic rings. The Morgan fingerprint density at radius 3 is 2.29 bits per heavy atom. The SMILES string of the molecule is CC[C@H](C)N(Cc1c(C)nn(-c2ccccc2)c1Oc1ccccc1OC)C[C@@H](O)COC(C)C. The minimum absolute atomic E-state index is 0.0777. The molecule has 0 saturated heterocycles. The lowest BCUT2D eigenvalue weighted by Gasteiger charge is -2.30. The zero-order valence-corrected chi connectivity index (χ0v) is 21.8. The van der Waals surface area contributed by atoms with Crippen molar-refractivity contribution in [2.45, 2.75) is 65.8 Å². The second-order valence-electron chi connectivity index (χ2n) is 9.09. The Balaban J connectivity index is 1.99. The molecule has 0 radical (unpaired) electrons. The molecule has 0 aliphatic rings. The third-order valence-corrected chi connectivity index (χ3v) is 6.06. The van der Waals surface area contributed by atoms with Crippen LogP contribution >= 0.6 is 0 Å². The maximum Gasteiger partial charge on any atom is 0.227 e. The van der Waals surface area contributed by atoms with Crippen LogP contribution in [0.4, 0.5) is 0 Å². The fourth-order valence-corrected chi connectivity index (χ4v) is 3.87. The van der Waals surface area contributed by atoms with Crippen LogP contribution in [0.3, 0.4) is 0 Å². The Hall–Kier alpha value is -2.87. The molecule has 0 bridgehead atoms. The summed E-state index contributed by atoms with van der Waals surface area (Å²) in [5.41, 5.74) is 2.75. The van der Waals surface area contributed by atoms with E-state index in [0.29, 0.717) is 37.1 Å². The van der Waals surface area contributed by atoms with Crippen molar-refractivity contribution in [1.29, 1.82) is 0 Å². The van der Waals surface area contributed by atoms with E-state index in [-0.39, 0.29) is 12.1 Å². The van der Waals surface area contributed by atoms with Gasteiger partial charge in [0.1, 0.15) is 0 Å². The second-order valence-corrected chi connectivity index (χ2v) is 9.09. The lowest BCUT2D eigenvalue weighted by molar-refractivity contribution is -0.0150. The van der Waals surface area contributed by atoms with Crippen LogP contribution in [0.5, 0.6) is 17.4 Å². The number of aryl methyl sites for hydroxylation is 1. The molecule has 0 spiro atoms. The summed E-state index contributed by atoms with van der Waals surface area (Å²) in [4.78, 5) is 2.27. The smallest absolute Gasteiger partial charge is 0.227 e. The predicted octanol–water partition coefficient (Wildman–Crippen LogP) is 5.37. The highest BCUT2D eigenvalue weighted by Gasteiger charge is 2.25. The van der Waals surface area contributed by atoms with Crippen LogP contribution in [0, 0.1) is 6.92 Å². The fraction of sp³-hybridized carbons (Fsp3) is 0.464. The number of nitrogens with zero attached hydrogens (tertiary/aromatic N) is 3. The number of hydrogen-bond donors (Lipinski definition) is 1. The first-order valence-corrected chi connectivity index (χ1v) is 12.3. The van der Waals surface area contributed by atoms with E-state index >= 15 is 0 Å². The lowest BCUT2D eigenvalue weighted by atomic mass is 10.1. The normalized spacial score (nSPS) is 13.3. The van der Waals surface area contributed by atoms with Crippen molar-refractivity contribution in [3.63, 3.8) is 0 Å². The van der Waals surface area contributed by atoms with Crippen molar-refractivity contribution >= 4 is 0 Å². The average molecular weight is 482 g/mol. The molecular formula is C28H39N3O4. The van der Waals surface area contributed by atoms with Gasteiger partial charge in [-0.15, -0.1) is 0 Å². The quantitative estimate of drug-likeness (QED) is 0.354. The van der Waals surface area contributed by atoms with Gasteiger partial charge in [-0.3, -0.25) is 4.90 Å². The number of ether oxygens (including phenoxy) is 3. The average Bonchev–Trinajstić information content (AvgIpc) is 3.17. The maximum atomic E-state index is 10.7. The molecule has 2 aromatic carbocycles. The minimum Gasteiger partial charge on any atom is -0.493 e. The molecule has 7 nitrogen and oxygen atoms in total. The molecule has 35 heavy (non-hydrogen) atoms. The summed E-state index contributed by atoms with van der Waals surface area (Å²) < 4.78 is 19.5. The molecule has 0 aliphatic heterocycles. The van der Waals surface area contributed by atoms with Crippen LogP contribution in [0.2, 0.25) is 0 Å². The molecule has 0 amide bonds. The first-order valence-electron chi connectivity index (χ1n) is 12.3. The van der Waals surface area contributed by atoms with Crippen molar-refractivity contribution in [3.8, 4) is 23.1 Å². The van der Waals surface area contributed by atoms with Crippen molar-refractivity contribution in [1.82, 2.24) is 14.7 Å². The summed E-state index contributed by atoms with van der Waals surface area (Å²) in [7, 11) is 1.63. The Morgan fingerprint density at radius 2 is 1.66 bits per heavy atom. The Kier molecular flexibility index (Phi) is 9.72. The van der Waals surface area contributed by atoms with Gasteiger partial charge in [0, 0.05) is 19.1 Å². The minimum atomic E-state index is -0.588. The van der Waals surface area contributed by atoms with Crippen LogP contribution in [0.15, 0.2) is 54.6 Å². The molecule has 0 aliphatic carbocycles.